The van der Waals surface area contributed by atoms with Gasteiger partial charge in [0.05, 0.1) is 12.0 Å². The molecule has 0 spiro atoms. The summed E-state index contributed by atoms with van der Waals surface area (Å²) in [5, 5.41) is 0. The minimum Gasteiger partial charge on any atom is -0.378 e. The van der Waals surface area contributed by atoms with Gasteiger partial charge < -0.3 is 15.4 Å². The highest BCUT2D eigenvalue weighted by molar-refractivity contribution is 5.81. The summed E-state index contributed by atoms with van der Waals surface area (Å²) in [5.74, 6) is 1.46. The number of ether oxygens (including phenoxy) is 1. The van der Waals surface area contributed by atoms with E-state index in [1.165, 1.54) is 19.3 Å². The monoisotopic (exact) mass is 294 g/mol. The molecular formula is C17H30N2O2. The van der Waals surface area contributed by atoms with E-state index in [1.807, 2.05) is 18.9 Å². The lowest BCUT2D eigenvalue weighted by Crippen LogP contribution is -2.63. The van der Waals surface area contributed by atoms with E-state index in [2.05, 4.69) is 13.8 Å². The number of carbonyl (C=O) groups is 1. The second kappa shape index (κ2) is 5.24. The van der Waals surface area contributed by atoms with E-state index in [9.17, 15) is 4.79 Å². The van der Waals surface area contributed by atoms with Crippen LogP contribution in [0.15, 0.2) is 0 Å². The second-order valence-corrected chi connectivity index (χ2v) is 7.90. The number of fused-ring (bicyclic) bond motifs is 2. The van der Waals surface area contributed by atoms with Crippen LogP contribution in [-0.4, -0.2) is 42.6 Å². The molecule has 4 nitrogen and oxygen atoms in total. The van der Waals surface area contributed by atoms with Crippen molar-refractivity contribution < 1.29 is 9.53 Å². The van der Waals surface area contributed by atoms with Crippen LogP contribution in [0.5, 0.6) is 0 Å². The molecule has 1 amide bonds. The summed E-state index contributed by atoms with van der Waals surface area (Å²) in [6.45, 7) is 7.21. The normalized spacial score (nSPS) is 43.7. The van der Waals surface area contributed by atoms with Crippen molar-refractivity contribution >= 4 is 5.91 Å². The number of nitrogens with zero attached hydrogens (tertiary/aromatic N) is 1. The lowest BCUT2D eigenvalue weighted by molar-refractivity contribution is -0.167. The molecule has 0 heterocycles. The molecule has 0 aliphatic heterocycles. The van der Waals surface area contributed by atoms with Gasteiger partial charge in [-0.25, -0.2) is 0 Å². The molecule has 0 saturated heterocycles. The van der Waals surface area contributed by atoms with Gasteiger partial charge in [-0.15, -0.1) is 0 Å². The zero-order valence-electron chi connectivity index (χ0n) is 13.8. The molecule has 3 fully saturated rings. The van der Waals surface area contributed by atoms with Gasteiger partial charge in [0.25, 0.3) is 0 Å². The molecule has 2 N–H and O–H groups in total. The Bertz CT molecular complexity index is 421. The van der Waals surface area contributed by atoms with Crippen molar-refractivity contribution in [3.8, 4) is 0 Å². The van der Waals surface area contributed by atoms with E-state index in [1.54, 1.807) is 0 Å². The number of rotatable bonds is 4. The molecule has 120 valence electrons. The highest BCUT2D eigenvalue weighted by Gasteiger charge is 2.55. The largest absolute Gasteiger partial charge is 0.378 e. The molecule has 3 rings (SSSR count). The Morgan fingerprint density at radius 3 is 2.48 bits per heavy atom. The fraction of sp³-hybridized carbons (Fsp3) is 0.941. The summed E-state index contributed by atoms with van der Waals surface area (Å²) in [4.78, 5) is 14.9. The summed E-state index contributed by atoms with van der Waals surface area (Å²) in [5.41, 5.74) is 6.38. The first kappa shape index (κ1) is 15.3. The topological polar surface area (TPSA) is 55.6 Å². The molecule has 3 aliphatic carbocycles. The Hall–Kier alpha value is -0.610. The standard InChI is InChI=1S/C17H30N2O2/c1-5-21-13-9-12(17(13,2)3)19(4)16(20)14-10-6-7-11(8-10)15(14)18/h10-15H,5-9,18H2,1-4H3. The van der Waals surface area contributed by atoms with Crippen LogP contribution >= 0.6 is 0 Å². The van der Waals surface area contributed by atoms with E-state index >= 15 is 0 Å². The molecular weight excluding hydrogens is 264 g/mol. The Morgan fingerprint density at radius 1 is 1.29 bits per heavy atom. The van der Waals surface area contributed by atoms with Crippen molar-refractivity contribution in [3.63, 3.8) is 0 Å². The van der Waals surface area contributed by atoms with Crippen LogP contribution < -0.4 is 5.73 Å². The summed E-state index contributed by atoms with van der Waals surface area (Å²) in [6.07, 6.45) is 4.82. The lowest BCUT2D eigenvalue weighted by atomic mass is 9.63. The Morgan fingerprint density at radius 2 is 1.95 bits per heavy atom. The third-order valence-electron chi connectivity index (χ3n) is 6.57. The molecule has 21 heavy (non-hydrogen) atoms. The van der Waals surface area contributed by atoms with Crippen molar-refractivity contribution in [2.24, 2.45) is 28.9 Å². The first-order valence-corrected chi connectivity index (χ1v) is 8.51. The molecule has 0 aromatic carbocycles. The van der Waals surface area contributed by atoms with E-state index in [-0.39, 0.29) is 35.4 Å². The van der Waals surface area contributed by atoms with Crippen molar-refractivity contribution in [1.82, 2.24) is 4.90 Å². The Balaban J connectivity index is 1.66. The summed E-state index contributed by atoms with van der Waals surface area (Å²) in [7, 11) is 1.97. The first-order chi connectivity index (χ1) is 9.87. The van der Waals surface area contributed by atoms with Crippen molar-refractivity contribution in [2.45, 2.75) is 64.6 Å². The van der Waals surface area contributed by atoms with Crippen molar-refractivity contribution in [3.05, 3.63) is 0 Å². The van der Waals surface area contributed by atoms with Gasteiger partial charge in [0, 0.05) is 31.2 Å². The van der Waals surface area contributed by atoms with Gasteiger partial charge in [-0.2, -0.15) is 0 Å². The third-order valence-corrected chi connectivity index (χ3v) is 6.57. The average Bonchev–Trinajstić information content (AvgIpc) is 3.02. The quantitative estimate of drug-likeness (QED) is 0.863. The van der Waals surface area contributed by atoms with Gasteiger partial charge in [-0.05, 0) is 44.4 Å². The van der Waals surface area contributed by atoms with Gasteiger partial charge in [-0.3, -0.25) is 4.79 Å². The molecule has 6 unspecified atom stereocenters. The zero-order valence-corrected chi connectivity index (χ0v) is 13.8. The van der Waals surface area contributed by atoms with Crippen LogP contribution in [0.1, 0.15) is 46.5 Å². The number of hydrogen-bond donors (Lipinski definition) is 1. The molecule has 0 aromatic rings. The van der Waals surface area contributed by atoms with Crippen LogP contribution in [0.25, 0.3) is 0 Å². The predicted molar refractivity (Wildman–Crippen MR) is 82.7 cm³/mol. The van der Waals surface area contributed by atoms with Gasteiger partial charge in [0.15, 0.2) is 0 Å². The SMILES string of the molecule is CCOC1CC(N(C)C(=O)C2C3CCC(C3)C2N)C1(C)C. The highest BCUT2D eigenvalue weighted by atomic mass is 16.5. The molecule has 2 bridgehead atoms. The number of hydrogen-bond acceptors (Lipinski definition) is 3. The zero-order chi connectivity index (χ0) is 15.4. The molecule has 4 heteroatoms. The van der Waals surface area contributed by atoms with E-state index in [0.717, 1.165) is 13.0 Å². The first-order valence-electron chi connectivity index (χ1n) is 8.51. The van der Waals surface area contributed by atoms with Crippen molar-refractivity contribution in [2.75, 3.05) is 13.7 Å². The van der Waals surface area contributed by atoms with Crippen LogP contribution in [0.4, 0.5) is 0 Å². The summed E-state index contributed by atoms with van der Waals surface area (Å²) >= 11 is 0. The maximum Gasteiger partial charge on any atom is 0.227 e. The van der Waals surface area contributed by atoms with E-state index in [4.69, 9.17) is 10.5 Å². The minimum absolute atomic E-state index is 0.0438. The van der Waals surface area contributed by atoms with Crippen LogP contribution in [0.3, 0.4) is 0 Å². The fourth-order valence-electron chi connectivity index (χ4n) is 5.10. The Labute approximate surface area is 128 Å². The summed E-state index contributed by atoms with van der Waals surface area (Å²) < 4.78 is 5.79. The summed E-state index contributed by atoms with van der Waals surface area (Å²) in [6, 6.07) is 0.373. The highest BCUT2D eigenvalue weighted by Crippen LogP contribution is 2.50. The van der Waals surface area contributed by atoms with Gasteiger partial charge >= 0.3 is 0 Å². The maximum absolute atomic E-state index is 12.9. The average molecular weight is 294 g/mol. The molecule has 0 radical (unpaired) electrons. The second-order valence-electron chi connectivity index (χ2n) is 7.90. The maximum atomic E-state index is 12.9. The van der Waals surface area contributed by atoms with Crippen LogP contribution in [-0.2, 0) is 9.53 Å². The smallest absolute Gasteiger partial charge is 0.227 e. The number of nitrogens with two attached hydrogens (primary N) is 1. The molecule has 3 saturated carbocycles. The van der Waals surface area contributed by atoms with E-state index in [0.29, 0.717) is 11.8 Å². The van der Waals surface area contributed by atoms with Crippen LogP contribution in [0.2, 0.25) is 0 Å². The fourth-order valence-corrected chi connectivity index (χ4v) is 5.10. The van der Waals surface area contributed by atoms with Crippen LogP contribution in [0, 0.1) is 23.2 Å². The number of carbonyl (C=O) groups excluding carboxylic acids is 1. The predicted octanol–water partition coefficient (Wildman–Crippen LogP) is 2.02. The number of amides is 1. The Kier molecular flexibility index (Phi) is 3.81. The van der Waals surface area contributed by atoms with Gasteiger partial charge in [-0.1, -0.05) is 13.8 Å². The molecule has 3 aliphatic rings. The van der Waals surface area contributed by atoms with Gasteiger partial charge in [0.2, 0.25) is 5.91 Å². The molecule has 6 atom stereocenters. The minimum atomic E-state index is 0.0438. The van der Waals surface area contributed by atoms with E-state index < -0.39 is 0 Å². The molecule has 0 aromatic heterocycles. The third kappa shape index (κ3) is 2.22. The van der Waals surface area contributed by atoms with Crippen molar-refractivity contribution in [1.29, 1.82) is 0 Å². The lowest BCUT2D eigenvalue weighted by Gasteiger charge is -2.55. The van der Waals surface area contributed by atoms with Gasteiger partial charge in [0.1, 0.15) is 0 Å².